The number of aromatic nitrogens is 1. The number of benzene rings is 1. The quantitative estimate of drug-likeness (QED) is 0.653. The van der Waals surface area contributed by atoms with Gasteiger partial charge in [0.05, 0.1) is 5.52 Å². The van der Waals surface area contributed by atoms with Crippen LogP contribution in [0.15, 0.2) is 42.0 Å². The van der Waals surface area contributed by atoms with Gasteiger partial charge in [-0.15, -0.1) is 0 Å². The molecule has 2 aromatic rings. The molecular weight excluding hydrogens is 206 g/mol. The van der Waals surface area contributed by atoms with Gasteiger partial charge < -0.3 is 0 Å². The molecule has 0 saturated heterocycles. The fourth-order valence-corrected chi connectivity index (χ4v) is 2.28. The van der Waals surface area contributed by atoms with Crippen molar-refractivity contribution in [2.75, 3.05) is 0 Å². The highest BCUT2D eigenvalue weighted by molar-refractivity contribution is 5.86. The standard InChI is InChI=1S/C16H15N/c1-11-3-6-13-8-9-14-7-5-12(2)17-16(14)15(13)10-4-11/h3-9H,10H2,1-2H3. The Balaban J connectivity index is 2.33. The number of hydrogen-bond acceptors (Lipinski definition) is 1. The molecule has 17 heavy (non-hydrogen) atoms. The third-order valence-electron chi connectivity index (χ3n) is 3.30. The van der Waals surface area contributed by atoms with Crippen LogP contribution in [0, 0.1) is 6.92 Å². The second-order valence-corrected chi connectivity index (χ2v) is 4.64. The molecule has 0 amide bonds. The zero-order valence-electron chi connectivity index (χ0n) is 10.2. The van der Waals surface area contributed by atoms with E-state index in [1.165, 1.54) is 22.1 Å². The van der Waals surface area contributed by atoms with E-state index in [9.17, 15) is 0 Å². The zero-order chi connectivity index (χ0) is 11.8. The first-order valence-corrected chi connectivity index (χ1v) is 5.98. The Labute approximate surface area is 102 Å². The maximum absolute atomic E-state index is 4.69. The number of nitrogens with zero attached hydrogens (tertiary/aromatic N) is 1. The van der Waals surface area contributed by atoms with Crippen LogP contribution in [-0.4, -0.2) is 4.98 Å². The van der Waals surface area contributed by atoms with Crippen molar-refractivity contribution in [3.8, 4) is 0 Å². The van der Waals surface area contributed by atoms with Crippen molar-refractivity contribution >= 4 is 17.0 Å². The normalized spacial score (nSPS) is 14.4. The second-order valence-electron chi connectivity index (χ2n) is 4.64. The summed E-state index contributed by atoms with van der Waals surface area (Å²) >= 11 is 0. The molecule has 1 aliphatic carbocycles. The minimum Gasteiger partial charge on any atom is -0.253 e. The summed E-state index contributed by atoms with van der Waals surface area (Å²) in [6.07, 6.45) is 7.61. The van der Waals surface area contributed by atoms with E-state index in [-0.39, 0.29) is 0 Å². The molecule has 0 spiro atoms. The summed E-state index contributed by atoms with van der Waals surface area (Å²) in [5.41, 5.74) is 6.20. The maximum atomic E-state index is 4.69. The van der Waals surface area contributed by atoms with Gasteiger partial charge in [-0.1, -0.05) is 42.0 Å². The molecule has 0 saturated carbocycles. The SMILES string of the molecule is CC1=CCc2c(ccc3ccc(C)nc23)C=C1. The van der Waals surface area contributed by atoms with E-state index in [2.05, 4.69) is 49.4 Å². The summed E-state index contributed by atoms with van der Waals surface area (Å²) in [6.45, 7) is 4.19. The Bertz CT molecular complexity index is 648. The van der Waals surface area contributed by atoms with E-state index in [1.807, 2.05) is 6.92 Å². The van der Waals surface area contributed by atoms with Crippen molar-refractivity contribution in [1.82, 2.24) is 4.98 Å². The van der Waals surface area contributed by atoms with E-state index in [0.29, 0.717) is 0 Å². The lowest BCUT2D eigenvalue weighted by Gasteiger charge is -2.08. The Morgan fingerprint density at radius 1 is 1.00 bits per heavy atom. The summed E-state index contributed by atoms with van der Waals surface area (Å²) in [4.78, 5) is 4.69. The van der Waals surface area contributed by atoms with Crippen LogP contribution in [0.5, 0.6) is 0 Å². The molecule has 1 aromatic carbocycles. The van der Waals surface area contributed by atoms with Gasteiger partial charge in [0.2, 0.25) is 0 Å². The van der Waals surface area contributed by atoms with Crippen molar-refractivity contribution in [3.05, 3.63) is 58.8 Å². The molecule has 3 rings (SSSR count). The van der Waals surface area contributed by atoms with Crippen LogP contribution in [0.2, 0.25) is 0 Å². The fourth-order valence-electron chi connectivity index (χ4n) is 2.28. The zero-order valence-corrected chi connectivity index (χ0v) is 10.2. The summed E-state index contributed by atoms with van der Waals surface area (Å²) in [5.74, 6) is 0. The van der Waals surface area contributed by atoms with Crippen LogP contribution in [0.4, 0.5) is 0 Å². The summed E-state index contributed by atoms with van der Waals surface area (Å²) in [6, 6.07) is 8.58. The molecule has 1 aliphatic rings. The molecular formula is C16H15N. The van der Waals surface area contributed by atoms with Crippen LogP contribution in [0.25, 0.3) is 17.0 Å². The summed E-state index contributed by atoms with van der Waals surface area (Å²) < 4.78 is 0. The van der Waals surface area contributed by atoms with Crippen molar-refractivity contribution in [1.29, 1.82) is 0 Å². The Morgan fingerprint density at radius 2 is 1.82 bits per heavy atom. The molecule has 0 N–H and O–H groups in total. The second kappa shape index (κ2) is 3.85. The van der Waals surface area contributed by atoms with E-state index in [4.69, 9.17) is 4.98 Å². The summed E-state index contributed by atoms with van der Waals surface area (Å²) in [7, 11) is 0. The molecule has 0 bridgehead atoms. The van der Waals surface area contributed by atoms with E-state index >= 15 is 0 Å². The van der Waals surface area contributed by atoms with Gasteiger partial charge in [0.25, 0.3) is 0 Å². The molecule has 0 radical (unpaired) electrons. The van der Waals surface area contributed by atoms with Gasteiger partial charge in [0, 0.05) is 11.1 Å². The predicted octanol–water partition coefficient (Wildman–Crippen LogP) is 4.06. The molecule has 1 aromatic heterocycles. The number of hydrogen-bond donors (Lipinski definition) is 0. The van der Waals surface area contributed by atoms with Crippen LogP contribution >= 0.6 is 0 Å². The summed E-state index contributed by atoms with van der Waals surface area (Å²) in [5, 5.41) is 1.23. The van der Waals surface area contributed by atoms with Gasteiger partial charge in [-0.25, -0.2) is 0 Å². The lowest BCUT2D eigenvalue weighted by Crippen LogP contribution is -1.93. The average Bonchev–Trinajstić information content (AvgIpc) is 2.52. The van der Waals surface area contributed by atoms with Gasteiger partial charge in [0.1, 0.15) is 0 Å². The maximum Gasteiger partial charge on any atom is 0.0746 e. The molecule has 0 aliphatic heterocycles. The average molecular weight is 221 g/mol. The highest BCUT2D eigenvalue weighted by atomic mass is 14.7. The fraction of sp³-hybridized carbons (Fsp3) is 0.188. The first kappa shape index (κ1) is 10.3. The lowest BCUT2D eigenvalue weighted by molar-refractivity contribution is 1.20. The Kier molecular flexibility index (Phi) is 2.32. The van der Waals surface area contributed by atoms with Crippen molar-refractivity contribution in [3.63, 3.8) is 0 Å². The van der Waals surface area contributed by atoms with E-state index in [1.54, 1.807) is 0 Å². The highest BCUT2D eigenvalue weighted by Gasteiger charge is 2.08. The van der Waals surface area contributed by atoms with Gasteiger partial charge in [-0.05, 0) is 37.5 Å². The molecule has 1 nitrogen and oxygen atoms in total. The number of aryl methyl sites for hydroxylation is 1. The monoisotopic (exact) mass is 221 g/mol. The van der Waals surface area contributed by atoms with E-state index in [0.717, 1.165) is 17.6 Å². The minimum absolute atomic E-state index is 0.974. The Morgan fingerprint density at radius 3 is 2.71 bits per heavy atom. The van der Waals surface area contributed by atoms with Crippen molar-refractivity contribution in [2.45, 2.75) is 20.3 Å². The van der Waals surface area contributed by atoms with Gasteiger partial charge in [0.15, 0.2) is 0 Å². The van der Waals surface area contributed by atoms with Crippen LogP contribution in [0.3, 0.4) is 0 Å². The minimum atomic E-state index is 0.974. The number of rotatable bonds is 0. The largest absolute Gasteiger partial charge is 0.253 e. The van der Waals surface area contributed by atoms with Crippen molar-refractivity contribution < 1.29 is 0 Å². The lowest BCUT2D eigenvalue weighted by atomic mass is 10.0. The highest BCUT2D eigenvalue weighted by Crippen LogP contribution is 2.25. The first-order valence-electron chi connectivity index (χ1n) is 5.98. The Hall–Kier alpha value is -1.89. The van der Waals surface area contributed by atoms with Crippen molar-refractivity contribution in [2.24, 2.45) is 0 Å². The van der Waals surface area contributed by atoms with Crippen LogP contribution < -0.4 is 0 Å². The van der Waals surface area contributed by atoms with Crippen LogP contribution in [-0.2, 0) is 6.42 Å². The van der Waals surface area contributed by atoms with Gasteiger partial charge >= 0.3 is 0 Å². The molecule has 84 valence electrons. The third kappa shape index (κ3) is 1.78. The topological polar surface area (TPSA) is 12.9 Å². The number of pyridine rings is 1. The molecule has 1 heteroatoms. The predicted molar refractivity (Wildman–Crippen MR) is 73.0 cm³/mol. The third-order valence-corrected chi connectivity index (χ3v) is 3.30. The molecule has 0 unspecified atom stereocenters. The van der Waals surface area contributed by atoms with Gasteiger partial charge in [-0.3, -0.25) is 4.98 Å². The van der Waals surface area contributed by atoms with Gasteiger partial charge in [-0.2, -0.15) is 0 Å². The molecule has 1 heterocycles. The first-order chi connectivity index (χ1) is 8.24. The molecule has 0 atom stereocenters. The van der Waals surface area contributed by atoms with E-state index < -0.39 is 0 Å². The van der Waals surface area contributed by atoms with Crippen LogP contribution in [0.1, 0.15) is 23.7 Å². The molecule has 0 fully saturated rings. The number of fused-ring (bicyclic) bond motifs is 3. The smallest absolute Gasteiger partial charge is 0.0746 e. The number of allylic oxidation sites excluding steroid dienone is 3.